The maximum atomic E-state index is 11.3. The molecule has 7 nitrogen and oxygen atoms in total. The van der Waals surface area contributed by atoms with Crippen molar-refractivity contribution in [1.29, 1.82) is 0 Å². The molecular formula is C8H9NO6. The normalized spacial score (nSPS) is 9.80. The smallest absolute Gasteiger partial charge is 0.377 e. The number of esters is 2. The second kappa shape index (κ2) is 4.56. The van der Waals surface area contributed by atoms with Crippen LogP contribution in [0.1, 0.15) is 26.6 Å². The van der Waals surface area contributed by atoms with Crippen LogP contribution in [-0.4, -0.2) is 36.4 Å². The third-order valence-corrected chi connectivity index (χ3v) is 1.67. The Balaban J connectivity index is 3.23. The zero-order valence-electron chi connectivity index (χ0n) is 8.14. The zero-order valence-corrected chi connectivity index (χ0v) is 8.14. The topological polar surface area (TPSA) is 98.9 Å². The van der Waals surface area contributed by atoms with E-state index in [-0.39, 0.29) is 17.0 Å². The molecule has 7 heteroatoms. The third kappa shape index (κ3) is 1.96. The first-order chi connectivity index (χ1) is 7.15. The summed E-state index contributed by atoms with van der Waals surface area (Å²) in [6.45, 7) is -0.537. The summed E-state index contributed by atoms with van der Waals surface area (Å²) in [6, 6.07) is 0. The number of hydrogen-bond donors (Lipinski definition) is 1. The van der Waals surface area contributed by atoms with E-state index in [9.17, 15) is 9.59 Å². The molecule has 15 heavy (non-hydrogen) atoms. The van der Waals surface area contributed by atoms with Gasteiger partial charge in [-0.15, -0.1) is 0 Å². The van der Waals surface area contributed by atoms with Crippen molar-refractivity contribution in [2.24, 2.45) is 0 Å². The monoisotopic (exact) mass is 215 g/mol. The molecule has 0 aliphatic rings. The lowest BCUT2D eigenvalue weighted by atomic mass is 10.2. The molecule has 0 amide bonds. The molecule has 0 saturated carbocycles. The van der Waals surface area contributed by atoms with Crippen LogP contribution < -0.4 is 0 Å². The molecule has 1 heterocycles. The van der Waals surface area contributed by atoms with Crippen LogP contribution in [0.5, 0.6) is 0 Å². The van der Waals surface area contributed by atoms with Gasteiger partial charge in [-0.05, 0) is 0 Å². The van der Waals surface area contributed by atoms with Crippen LogP contribution >= 0.6 is 0 Å². The van der Waals surface area contributed by atoms with E-state index in [2.05, 4.69) is 19.2 Å². The molecule has 0 fully saturated rings. The van der Waals surface area contributed by atoms with Gasteiger partial charge in [-0.25, -0.2) is 9.59 Å². The molecule has 0 radical (unpaired) electrons. The first kappa shape index (κ1) is 11.2. The van der Waals surface area contributed by atoms with E-state index in [0.29, 0.717) is 0 Å². The Morgan fingerprint density at radius 3 is 2.40 bits per heavy atom. The van der Waals surface area contributed by atoms with Gasteiger partial charge in [-0.3, -0.25) is 0 Å². The predicted molar refractivity (Wildman–Crippen MR) is 45.1 cm³/mol. The molecule has 0 aliphatic heterocycles. The van der Waals surface area contributed by atoms with Crippen molar-refractivity contribution in [1.82, 2.24) is 5.16 Å². The first-order valence-corrected chi connectivity index (χ1v) is 3.91. The Morgan fingerprint density at radius 2 is 1.93 bits per heavy atom. The first-order valence-electron chi connectivity index (χ1n) is 3.91. The summed E-state index contributed by atoms with van der Waals surface area (Å²) in [5, 5.41) is 12.2. The van der Waals surface area contributed by atoms with Gasteiger partial charge in [0.15, 0.2) is 0 Å². The van der Waals surface area contributed by atoms with Crippen LogP contribution in [0.3, 0.4) is 0 Å². The maximum absolute atomic E-state index is 11.3. The van der Waals surface area contributed by atoms with E-state index in [1.165, 1.54) is 0 Å². The number of methoxy groups -OCH3 is 2. The lowest BCUT2D eigenvalue weighted by molar-refractivity contribution is 0.0521. The van der Waals surface area contributed by atoms with Gasteiger partial charge in [-0.1, -0.05) is 5.16 Å². The van der Waals surface area contributed by atoms with E-state index in [1.54, 1.807) is 0 Å². The minimum atomic E-state index is -0.859. The lowest BCUT2D eigenvalue weighted by Gasteiger charge is -1.98. The highest BCUT2D eigenvalue weighted by Gasteiger charge is 2.28. The Labute approximate surface area is 84.6 Å². The number of carbonyl (C=O) groups is 2. The zero-order chi connectivity index (χ0) is 11.4. The summed E-state index contributed by atoms with van der Waals surface area (Å²) in [5.74, 6) is -2.06. The van der Waals surface area contributed by atoms with Gasteiger partial charge >= 0.3 is 11.9 Å². The van der Waals surface area contributed by atoms with Crippen LogP contribution in [0.25, 0.3) is 0 Å². The predicted octanol–water partition coefficient (Wildman–Crippen LogP) is -0.260. The lowest BCUT2D eigenvalue weighted by Crippen LogP contribution is -2.11. The molecule has 0 spiro atoms. The number of aliphatic hydroxyl groups excluding tert-OH is 1. The minimum absolute atomic E-state index is 0.0674. The molecule has 0 aliphatic carbocycles. The highest BCUT2D eigenvalue weighted by Crippen LogP contribution is 2.16. The Morgan fingerprint density at radius 1 is 1.33 bits per heavy atom. The molecule has 0 bridgehead atoms. The van der Waals surface area contributed by atoms with Gasteiger partial charge in [0.1, 0.15) is 11.3 Å². The number of aliphatic hydroxyl groups is 1. The minimum Gasteiger partial charge on any atom is -0.465 e. The maximum Gasteiger partial charge on any atom is 0.377 e. The molecule has 0 atom stereocenters. The highest BCUT2D eigenvalue weighted by molar-refractivity contribution is 6.01. The summed E-state index contributed by atoms with van der Waals surface area (Å²) in [6.07, 6.45) is 0. The SMILES string of the molecule is COC(=O)c1onc(CO)c1C(=O)OC. The number of rotatable bonds is 3. The van der Waals surface area contributed by atoms with Gasteiger partial charge < -0.3 is 19.1 Å². The van der Waals surface area contributed by atoms with Crippen LogP contribution in [0.4, 0.5) is 0 Å². The summed E-state index contributed by atoms with van der Waals surface area (Å²) < 4.78 is 13.4. The molecule has 1 N–H and O–H groups in total. The van der Waals surface area contributed by atoms with Crippen molar-refractivity contribution in [3.8, 4) is 0 Å². The van der Waals surface area contributed by atoms with Gasteiger partial charge in [0.2, 0.25) is 0 Å². The van der Waals surface area contributed by atoms with E-state index >= 15 is 0 Å². The van der Waals surface area contributed by atoms with E-state index in [1.807, 2.05) is 0 Å². The molecule has 0 saturated heterocycles. The third-order valence-electron chi connectivity index (χ3n) is 1.67. The number of aromatic nitrogens is 1. The van der Waals surface area contributed by atoms with Gasteiger partial charge in [0.05, 0.1) is 20.8 Å². The number of carbonyl (C=O) groups excluding carboxylic acids is 2. The number of hydrogen-bond acceptors (Lipinski definition) is 7. The molecule has 0 aromatic carbocycles. The molecule has 1 aromatic rings. The summed E-state index contributed by atoms with van der Waals surface area (Å²) in [7, 11) is 2.27. The average molecular weight is 215 g/mol. The fraction of sp³-hybridized carbons (Fsp3) is 0.375. The van der Waals surface area contributed by atoms with E-state index in [0.717, 1.165) is 14.2 Å². The Kier molecular flexibility index (Phi) is 3.40. The van der Waals surface area contributed by atoms with Crippen molar-refractivity contribution in [3.63, 3.8) is 0 Å². The number of nitrogens with zero attached hydrogens (tertiary/aromatic N) is 1. The van der Waals surface area contributed by atoms with Crippen LogP contribution in [0.15, 0.2) is 4.52 Å². The molecular weight excluding hydrogens is 206 g/mol. The fourth-order valence-electron chi connectivity index (χ4n) is 0.976. The highest BCUT2D eigenvalue weighted by atomic mass is 16.6. The molecule has 0 unspecified atom stereocenters. The molecule has 82 valence electrons. The second-order valence-electron chi connectivity index (χ2n) is 2.47. The van der Waals surface area contributed by atoms with Crippen molar-refractivity contribution in [2.75, 3.05) is 14.2 Å². The fourth-order valence-corrected chi connectivity index (χ4v) is 0.976. The molecule has 1 aromatic heterocycles. The number of ether oxygens (including phenoxy) is 2. The summed E-state index contributed by atoms with van der Waals surface area (Å²) in [4.78, 5) is 22.4. The van der Waals surface area contributed by atoms with Gasteiger partial charge in [-0.2, -0.15) is 0 Å². The van der Waals surface area contributed by atoms with Crippen LogP contribution in [-0.2, 0) is 16.1 Å². The van der Waals surface area contributed by atoms with Crippen molar-refractivity contribution in [3.05, 3.63) is 17.0 Å². The van der Waals surface area contributed by atoms with E-state index < -0.39 is 18.5 Å². The summed E-state index contributed by atoms with van der Waals surface area (Å²) in [5.41, 5.74) is -0.283. The van der Waals surface area contributed by atoms with Crippen LogP contribution in [0, 0.1) is 0 Å². The standard InChI is InChI=1S/C8H9NO6/c1-13-7(11)5-4(3-10)9-15-6(5)8(12)14-2/h10H,3H2,1-2H3. The Hall–Kier alpha value is -1.89. The van der Waals surface area contributed by atoms with E-state index in [4.69, 9.17) is 5.11 Å². The quantitative estimate of drug-likeness (QED) is 0.693. The Bertz CT molecular complexity index is 382. The van der Waals surface area contributed by atoms with Crippen molar-refractivity contribution in [2.45, 2.75) is 6.61 Å². The van der Waals surface area contributed by atoms with Gasteiger partial charge in [0, 0.05) is 0 Å². The second-order valence-corrected chi connectivity index (χ2v) is 2.47. The average Bonchev–Trinajstić information content (AvgIpc) is 2.70. The van der Waals surface area contributed by atoms with Crippen molar-refractivity contribution < 1.29 is 28.7 Å². The van der Waals surface area contributed by atoms with Crippen molar-refractivity contribution >= 4 is 11.9 Å². The largest absolute Gasteiger partial charge is 0.465 e. The molecule has 1 rings (SSSR count). The van der Waals surface area contributed by atoms with Gasteiger partial charge in [0.25, 0.3) is 5.76 Å². The van der Waals surface area contributed by atoms with Crippen LogP contribution in [0.2, 0.25) is 0 Å². The summed E-state index contributed by atoms with van der Waals surface area (Å²) >= 11 is 0.